The van der Waals surface area contributed by atoms with Crippen LogP contribution in [0.4, 0.5) is 8.78 Å². The highest BCUT2D eigenvalue weighted by Gasteiger charge is 2.21. The van der Waals surface area contributed by atoms with Crippen molar-refractivity contribution in [1.82, 2.24) is 5.32 Å². The third-order valence-electron chi connectivity index (χ3n) is 2.06. The first-order chi connectivity index (χ1) is 8.08. The predicted molar refractivity (Wildman–Crippen MR) is 58.0 cm³/mol. The number of terminal acetylenes is 1. The fraction of sp³-hybridized carbons (Fsp3) is 0.250. The molecule has 0 aliphatic rings. The Morgan fingerprint density at radius 3 is 2.53 bits per heavy atom. The van der Waals surface area contributed by atoms with Gasteiger partial charge >= 0.3 is 5.97 Å². The van der Waals surface area contributed by atoms with Crippen LogP contribution in [0.3, 0.4) is 0 Å². The molecule has 0 bridgehead atoms. The lowest BCUT2D eigenvalue weighted by molar-refractivity contribution is -0.143. The zero-order chi connectivity index (χ0) is 12.8. The maximum Gasteiger partial charge on any atom is 0.327 e. The van der Waals surface area contributed by atoms with Gasteiger partial charge in [0.2, 0.25) is 0 Å². The van der Waals surface area contributed by atoms with Crippen LogP contribution in [-0.2, 0) is 9.53 Å². The van der Waals surface area contributed by atoms with E-state index in [1.165, 1.54) is 7.11 Å². The molecule has 3 nitrogen and oxygen atoms in total. The summed E-state index contributed by atoms with van der Waals surface area (Å²) in [7, 11) is 1.18. The smallest absolute Gasteiger partial charge is 0.327 e. The van der Waals surface area contributed by atoms with E-state index in [4.69, 9.17) is 6.42 Å². The van der Waals surface area contributed by atoms with Crippen LogP contribution in [-0.4, -0.2) is 19.6 Å². The molecule has 1 unspecified atom stereocenters. The highest BCUT2D eigenvalue weighted by atomic mass is 19.1. The van der Waals surface area contributed by atoms with Crippen molar-refractivity contribution in [2.45, 2.75) is 6.04 Å². The molecule has 0 aliphatic heterocycles. The third kappa shape index (κ3) is 3.54. The Morgan fingerprint density at radius 1 is 1.47 bits per heavy atom. The SMILES string of the molecule is C#CCNC(C(=O)OC)c1cc(F)cc(F)c1. The molecule has 0 saturated heterocycles. The molecule has 1 aromatic rings. The second kappa shape index (κ2) is 5.97. The molecule has 5 heteroatoms. The molecule has 1 rings (SSSR count). The predicted octanol–water partition coefficient (Wildman–Crippen LogP) is 1.40. The summed E-state index contributed by atoms with van der Waals surface area (Å²) in [4.78, 5) is 11.4. The van der Waals surface area contributed by atoms with E-state index in [0.29, 0.717) is 0 Å². The number of esters is 1. The van der Waals surface area contributed by atoms with E-state index in [-0.39, 0.29) is 12.1 Å². The summed E-state index contributed by atoms with van der Waals surface area (Å²) in [6.45, 7) is 0.0812. The highest BCUT2D eigenvalue weighted by molar-refractivity contribution is 5.77. The molecule has 1 N–H and O–H groups in total. The van der Waals surface area contributed by atoms with Crippen LogP contribution in [0.2, 0.25) is 0 Å². The Hall–Kier alpha value is -1.93. The van der Waals surface area contributed by atoms with Crippen molar-refractivity contribution in [3.05, 3.63) is 35.4 Å². The van der Waals surface area contributed by atoms with E-state index in [1.807, 2.05) is 0 Å². The molecule has 0 aromatic heterocycles. The Labute approximate surface area is 97.8 Å². The first kappa shape index (κ1) is 13.1. The molecule has 17 heavy (non-hydrogen) atoms. The fourth-order valence-electron chi connectivity index (χ4n) is 1.36. The lowest BCUT2D eigenvalue weighted by atomic mass is 10.1. The van der Waals surface area contributed by atoms with Gasteiger partial charge in [-0.3, -0.25) is 5.32 Å². The molecule has 1 atom stereocenters. The van der Waals surface area contributed by atoms with Crippen LogP contribution in [0.25, 0.3) is 0 Å². The quantitative estimate of drug-likeness (QED) is 0.637. The van der Waals surface area contributed by atoms with E-state index in [0.717, 1.165) is 18.2 Å². The zero-order valence-electron chi connectivity index (χ0n) is 9.17. The van der Waals surface area contributed by atoms with Gasteiger partial charge in [0.25, 0.3) is 0 Å². The molecule has 90 valence electrons. The summed E-state index contributed by atoms with van der Waals surface area (Å²) in [5.74, 6) is 0.0735. The number of hydrogen-bond acceptors (Lipinski definition) is 3. The molecule has 0 amide bonds. The Morgan fingerprint density at radius 2 is 2.06 bits per heavy atom. The van der Waals surface area contributed by atoms with E-state index < -0.39 is 23.6 Å². The number of benzene rings is 1. The van der Waals surface area contributed by atoms with Crippen molar-refractivity contribution >= 4 is 5.97 Å². The summed E-state index contributed by atoms with van der Waals surface area (Å²) >= 11 is 0. The van der Waals surface area contributed by atoms with E-state index >= 15 is 0 Å². The first-order valence-electron chi connectivity index (χ1n) is 4.79. The van der Waals surface area contributed by atoms with Crippen molar-refractivity contribution in [2.24, 2.45) is 0 Å². The van der Waals surface area contributed by atoms with Crippen LogP contribution in [0, 0.1) is 24.0 Å². The van der Waals surface area contributed by atoms with E-state index in [1.54, 1.807) is 0 Å². The van der Waals surface area contributed by atoms with Crippen molar-refractivity contribution in [3.8, 4) is 12.3 Å². The van der Waals surface area contributed by atoms with Gasteiger partial charge in [-0.25, -0.2) is 13.6 Å². The van der Waals surface area contributed by atoms with Gasteiger partial charge in [-0.15, -0.1) is 6.42 Å². The lowest BCUT2D eigenvalue weighted by Crippen LogP contribution is -2.30. The van der Waals surface area contributed by atoms with Gasteiger partial charge in [-0.05, 0) is 17.7 Å². The van der Waals surface area contributed by atoms with Crippen molar-refractivity contribution in [3.63, 3.8) is 0 Å². The maximum absolute atomic E-state index is 13.0. The second-order valence-corrected chi connectivity index (χ2v) is 3.24. The topological polar surface area (TPSA) is 38.3 Å². The molecule has 1 aromatic carbocycles. The lowest BCUT2D eigenvalue weighted by Gasteiger charge is -2.15. The minimum absolute atomic E-state index is 0.0812. The van der Waals surface area contributed by atoms with Crippen molar-refractivity contribution in [1.29, 1.82) is 0 Å². The largest absolute Gasteiger partial charge is 0.468 e. The standard InChI is InChI=1S/C12H11F2NO2/c1-3-4-15-11(12(16)17-2)8-5-9(13)7-10(14)6-8/h1,5-7,11,15H,4H2,2H3. The highest BCUT2D eigenvalue weighted by Crippen LogP contribution is 2.17. The summed E-state index contributed by atoms with van der Waals surface area (Å²) in [5.41, 5.74) is 0.129. The average molecular weight is 239 g/mol. The van der Waals surface area contributed by atoms with Gasteiger partial charge in [0.15, 0.2) is 0 Å². The number of ether oxygens (including phenoxy) is 1. The van der Waals surface area contributed by atoms with Crippen LogP contribution in [0.1, 0.15) is 11.6 Å². The van der Waals surface area contributed by atoms with Gasteiger partial charge in [-0.2, -0.15) is 0 Å². The number of nitrogens with one attached hydrogen (secondary N) is 1. The number of carbonyl (C=O) groups is 1. The molecule has 0 saturated carbocycles. The molecule has 0 spiro atoms. The average Bonchev–Trinajstić information content (AvgIpc) is 2.28. The minimum atomic E-state index is -0.985. The number of halogens is 2. The first-order valence-corrected chi connectivity index (χ1v) is 4.79. The Bertz CT molecular complexity index is 434. The minimum Gasteiger partial charge on any atom is -0.468 e. The molecule has 0 fully saturated rings. The Balaban J connectivity index is 3.03. The van der Waals surface area contributed by atoms with Crippen LogP contribution < -0.4 is 5.32 Å². The number of hydrogen-bond donors (Lipinski definition) is 1. The summed E-state index contributed by atoms with van der Waals surface area (Å²) in [6.07, 6.45) is 5.04. The monoisotopic (exact) mass is 239 g/mol. The Kier molecular flexibility index (Phi) is 4.61. The normalized spacial score (nSPS) is 11.6. The van der Waals surface area contributed by atoms with Crippen molar-refractivity contribution < 1.29 is 18.3 Å². The van der Waals surface area contributed by atoms with Crippen LogP contribution in [0.5, 0.6) is 0 Å². The number of methoxy groups -OCH3 is 1. The molecular formula is C12H11F2NO2. The van der Waals surface area contributed by atoms with E-state index in [2.05, 4.69) is 16.0 Å². The summed E-state index contributed by atoms with van der Waals surface area (Å²) in [6, 6.07) is 1.84. The maximum atomic E-state index is 13.0. The summed E-state index contributed by atoms with van der Waals surface area (Å²) in [5, 5.41) is 2.65. The van der Waals surface area contributed by atoms with Gasteiger partial charge in [0.05, 0.1) is 13.7 Å². The van der Waals surface area contributed by atoms with Crippen LogP contribution in [0.15, 0.2) is 18.2 Å². The molecule has 0 radical (unpaired) electrons. The van der Waals surface area contributed by atoms with Gasteiger partial charge in [-0.1, -0.05) is 5.92 Å². The molecule has 0 aliphatic carbocycles. The van der Waals surface area contributed by atoms with Crippen molar-refractivity contribution in [2.75, 3.05) is 13.7 Å². The molecular weight excluding hydrogens is 228 g/mol. The number of rotatable bonds is 4. The van der Waals surface area contributed by atoms with Gasteiger partial charge in [0.1, 0.15) is 17.7 Å². The zero-order valence-corrected chi connectivity index (χ0v) is 9.17. The van der Waals surface area contributed by atoms with Gasteiger partial charge < -0.3 is 4.74 Å². The summed E-state index contributed by atoms with van der Waals surface area (Å²) < 4.78 is 30.6. The second-order valence-electron chi connectivity index (χ2n) is 3.24. The third-order valence-corrected chi connectivity index (χ3v) is 2.06. The number of carbonyl (C=O) groups excluding carboxylic acids is 1. The van der Waals surface area contributed by atoms with Gasteiger partial charge in [0, 0.05) is 6.07 Å². The molecule has 0 heterocycles. The fourth-order valence-corrected chi connectivity index (χ4v) is 1.36. The van der Waals surface area contributed by atoms with Crippen LogP contribution >= 0.6 is 0 Å². The van der Waals surface area contributed by atoms with E-state index in [9.17, 15) is 13.6 Å².